The topological polar surface area (TPSA) is 139 Å². The average molecular weight is 657 g/mol. The van der Waals surface area contributed by atoms with E-state index in [4.69, 9.17) is 16.3 Å². The molecule has 0 fully saturated rings. The van der Waals surface area contributed by atoms with Crippen LogP contribution in [0.3, 0.4) is 0 Å². The van der Waals surface area contributed by atoms with Gasteiger partial charge in [-0.25, -0.2) is 26.7 Å². The van der Waals surface area contributed by atoms with Crippen LogP contribution >= 0.6 is 11.6 Å². The van der Waals surface area contributed by atoms with Crippen LogP contribution in [0.1, 0.15) is 29.9 Å². The number of carbonyl (C=O) groups is 2. The quantitative estimate of drug-likeness (QED) is 0.237. The zero-order valence-corrected chi connectivity index (χ0v) is 25.5. The third kappa shape index (κ3) is 6.54. The van der Waals surface area contributed by atoms with Gasteiger partial charge in [-0.05, 0) is 61.4 Å². The molecule has 0 saturated carbocycles. The van der Waals surface area contributed by atoms with Crippen LogP contribution in [0, 0.1) is 17.6 Å². The van der Waals surface area contributed by atoms with Crippen molar-refractivity contribution in [2.75, 3.05) is 6.61 Å². The average Bonchev–Trinajstić information content (AvgIpc) is 3.28. The Balaban J connectivity index is 1.66. The lowest BCUT2D eigenvalue weighted by atomic mass is 10.0. The molecule has 234 valence electrons. The van der Waals surface area contributed by atoms with E-state index in [2.05, 4.69) is 15.0 Å². The van der Waals surface area contributed by atoms with Crippen molar-refractivity contribution in [1.82, 2.24) is 19.6 Å². The predicted octanol–water partition coefficient (Wildman–Crippen LogP) is 5.24. The zero-order chi connectivity index (χ0) is 32.5. The number of fused-ring (bicyclic) bond motifs is 1. The number of allylic oxidation sites excluding steroid dienone is 2. The van der Waals surface area contributed by atoms with Crippen LogP contribution in [-0.2, 0) is 21.3 Å². The van der Waals surface area contributed by atoms with Crippen LogP contribution in [0.25, 0.3) is 22.0 Å². The first-order valence-corrected chi connectivity index (χ1v) is 15.7. The van der Waals surface area contributed by atoms with E-state index in [1.807, 2.05) is 0 Å². The summed E-state index contributed by atoms with van der Waals surface area (Å²) in [7, 11) is -4.49. The normalized spacial score (nSPS) is 16.3. The fraction of sp³-hybridized carbons (Fsp3) is 0.194. The summed E-state index contributed by atoms with van der Waals surface area (Å²) in [6.07, 6.45) is 4.97. The Morgan fingerprint density at radius 3 is 2.62 bits per heavy atom. The van der Waals surface area contributed by atoms with Gasteiger partial charge in [-0.2, -0.15) is 0 Å². The van der Waals surface area contributed by atoms with Gasteiger partial charge < -0.3 is 14.3 Å². The summed E-state index contributed by atoms with van der Waals surface area (Å²) < 4.78 is 64.4. The molecule has 2 heterocycles. The molecule has 2 unspecified atom stereocenters. The molecule has 0 radical (unpaired) electrons. The number of halogens is 3. The Labute approximate surface area is 261 Å². The molecule has 0 bridgehead atoms. The maximum atomic E-state index is 14.9. The number of H-pyrrole nitrogens is 1. The molecule has 45 heavy (non-hydrogen) atoms. The number of hydrogen-bond donors (Lipinski definition) is 3. The molecule has 1 aliphatic rings. The molecule has 2 amide bonds. The highest BCUT2D eigenvalue weighted by molar-refractivity contribution is 7.90. The third-order valence-corrected chi connectivity index (χ3v) is 9.22. The summed E-state index contributed by atoms with van der Waals surface area (Å²) in [6.45, 7) is 3.01. The van der Waals surface area contributed by atoms with E-state index in [-0.39, 0.29) is 46.3 Å². The minimum absolute atomic E-state index is 0.00247. The Bertz CT molecular complexity index is 2050. The smallest absolute Gasteiger partial charge is 0.411 e. The van der Waals surface area contributed by atoms with Gasteiger partial charge in [0.05, 0.1) is 13.2 Å². The highest BCUT2D eigenvalue weighted by Gasteiger charge is 2.35. The largest absolute Gasteiger partial charge is 0.450 e. The Morgan fingerprint density at radius 1 is 1.13 bits per heavy atom. The van der Waals surface area contributed by atoms with Crippen LogP contribution in [-0.4, -0.2) is 41.8 Å². The molecule has 0 aliphatic heterocycles. The van der Waals surface area contributed by atoms with Crippen LogP contribution in [0.5, 0.6) is 0 Å². The summed E-state index contributed by atoms with van der Waals surface area (Å²) in [5.74, 6) is -3.42. The summed E-state index contributed by atoms with van der Waals surface area (Å²) in [5.41, 5.74) is -0.284. The van der Waals surface area contributed by atoms with Gasteiger partial charge in [0.1, 0.15) is 22.6 Å². The molecule has 14 heteroatoms. The molecule has 5 rings (SSSR count). The van der Waals surface area contributed by atoms with E-state index in [9.17, 15) is 31.6 Å². The van der Waals surface area contributed by atoms with Gasteiger partial charge in [0, 0.05) is 50.6 Å². The summed E-state index contributed by atoms with van der Waals surface area (Å²) in [6, 6.07) is 10.5. The van der Waals surface area contributed by atoms with Gasteiger partial charge in [-0.1, -0.05) is 30.7 Å². The highest BCUT2D eigenvalue weighted by Crippen LogP contribution is 2.36. The Morgan fingerprint density at radius 2 is 1.91 bits per heavy atom. The number of aromatic nitrogens is 2. The molecule has 2 aromatic heterocycles. The number of benzene rings is 2. The molecule has 2 aromatic carbocycles. The molecule has 10 nitrogen and oxygen atoms in total. The minimum Gasteiger partial charge on any atom is -0.450 e. The van der Waals surface area contributed by atoms with Crippen molar-refractivity contribution < 1.29 is 31.5 Å². The predicted molar refractivity (Wildman–Crippen MR) is 165 cm³/mol. The number of aromatic amines is 1. The maximum absolute atomic E-state index is 14.9. The molecule has 4 aromatic rings. The molecular weight excluding hydrogens is 630 g/mol. The van der Waals surface area contributed by atoms with Crippen molar-refractivity contribution in [3.05, 3.63) is 117 Å². The Hall–Kier alpha value is -4.75. The number of ether oxygens (including phenoxy) is 1. The van der Waals surface area contributed by atoms with Gasteiger partial charge in [0.25, 0.3) is 11.5 Å². The SMILES string of the molecule is CCOC(=O)NC1=CC(S(=O)(=O)NC(=O)c2c(-c3ccc[nH]c3=O)c3cc(Cl)ccc3n2Cc2ccc(F)cc2F)C(C)C=C1. The summed E-state index contributed by atoms with van der Waals surface area (Å²) in [5, 5.41) is 1.73. The molecule has 1 aliphatic carbocycles. The number of pyridine rings is 1. The second kappa shape index (κ2) is 12.7. The second-order valence-corrected chi connectivity index (χ2v) is 12.5. The lowest BCUT2D eigenvalue weighted by Crippen LogP contribution is -2.42. The number of nitrogens with zero attached hydrogens (tertiary/aromatic N) is 1. The number of nitrogens with one attached hydrogen (secondary N) is 3. The van der Waals surface area contributed by atoms with E-state index in [0.29, 0.717) is 17.0 Å². The maximum Gasteiger partial charge on any atom is 0.411 e. The third-order valence-electron chi connectivity index (χ3n) is 7.23. The van der Waals surface area contributed by atoms with Crippen molar-refractivity contribution in [3.63, 3.8) is 0 Å². The van der Waals surface area contributed by atoms with E-state index in [1.54, 1.807) is 26.0 Å². The standard InChI is InChI=1S/C31H27ClF2N4O6S/c1-3-44-31(41)36-21-10-6-17(2)26(15-21)45(42,43)37-30(40)28-27(22-5-4-12-35-29(22)39)23-13-19(32)8-11-25(23)38(28)16-18-7-9-20(33)14-24(18)34/h4-15,17,26H,3,16H2,1-2H3,(H,35,39)(H,36,41)(H,37,40). The van der Waals surface area contributed by atoms with Crippen molar-refractivity contribution in [3.8, 4) is 11.1 Å². The number of rotatable bonds is 8. The van der Waals surface area contributed by atoms with Crippen LogP contribution in [0.15, 0.2) is 83.4 Å². The van der Waals surface area contributed by atoms with Crippen LogP contribution in [0.4, 0.5) is 13.6 Å². The first kappa shape index (κ1) is 31.7. The second-order valence-electron chi connectivity index (χ2n) is 10.2. The zero-order valence-electron chi connectivity index (χ0n) is 23.9. The fourth-order valence-electron chi connectivity index (χ4n) is 5.17. The molecule has 2 atom stereocenters. The van der Waals surface area contributed by atoms with Crippen molar-refractivity contribution in [2.45, 2.75) is 25.6 Å². The number of amides is 2. The lowest BCUT2D eigenvalue weighted by Gasteiger charge is -2.24. The van der Waals surface area contributed by atoms with Crippen LogP contribution in [0.2, 0.25) is 5.02 Å². The van der Waals surface area contributed by atoms with Gasteiger partial charge in [0.2, 0.25) is 10.0 Å². The number of hydrogen-bond acceptors (Lipinski definition) is 6. The van der Waals surface area contributed by atoms with Crippen molar-refractivity contribution >= 4 is 44.5 Å². The Kier molecular flexibility index (Phi) is 8.94. The van der Waals surface area contributed by atoms with Crippen molar-refractivity contribution in [2.24, 2.45) is 5.92 Å². The highest BCUT2D eigenvalue weighted by atomic mass is 35.5. The first-order valence-electron chi connectivity index (χ1n) is 13.7. The van der Waals surface area contributed by atoms with Gasteiger partial charge in [-0.3, -0.25) is 14.9 Å². The molecular formula is C31H27ClF2N4O6S. The van der Waals surface area contributed by atoms with E-state index in [0.717, 1.165) is 6.07 Å². The fourth-order valence-corrected chi connectivity index (χ4v) is 6.82. The number of alkyl carbamates (subject to hydrolysis) is 1. The molecule has 0 saturated heterocycles. The minimum atomic E-state index is -4.49. The van der Waals surface area contributed by atoms with Crippen LogP contribution < -0.4 is 15.6 Å². The van der Waals surface area contributed by atoms with Crippen molar-refractivity contribution in [1.29, 1.82) is 0 Å². The van der Waals surface area contributed by atoms with Gasteiger partial charge >= 0.3 is 6.09 Å². The number of carbonyl (C=O) groups excluding carboxylic acids is 2. The molecule has 0 spiro atoms. The monoisotopic (exact) mass is 656 g/mol. The van der Waals surface area contributed by atoms with E-state index >= 15 is 0 Å². The summed E-state index contributed by atoms with van der Waals surface area (Å²) in [4.78, 5) is 41.6. The van der Waals surface area contributed by atoms with Gasteiger partial charge in [0.15, 0.2) is 0 Å². The lowest BCUT2D eigenvalue weighted by molar-refractivity contribution is 0.0973. The van der Waals surface area contributed by atoms with E-state index in [1.165, 1.54) is 53.2 Å². The summed E-state index contributed by atoms with van der Waals surface area (Å²) >= 11 is 6.31. The van der Waals surface area contributed by atoms with E-state index < -0.39 is 50.4 Å². The molecule has 3 N–H and O–H groups in total. The number of sulfonamides is 1. The van der Waals surface area contributed by atoms with Gasteiger partial charge in [-0.15, -0.1) is 0 Å². The first-order chi connectivity index (χ1) is 21.4.